The predicted octanol–water partition coefficient (Wildman–Crippen LogP) is 0.613. The number of aliphatic hydroxyl groups is 1. The zero-order valence-corrected chi connectivity index (χ0v) is 6.52. The third-order valence-corrected chi connectivity index (χ3v) is 1.38. The van der Waals surface area contributed by atoms with E-state index >= 15 is 0 Å². The van der Waals surface area contributed by atoms with Crippen molar-refractivity contribution < 1.29 is 5.11 Å². The third-order valence-electron chi connectivity index (χ3n) is 1.38. The average molecular weight is 131 g/mol. The third kappa shape index (κ3) is 4.43. The highest BCUT2D eigenvalue weighted by Crippen LogP contribution is 2.02. The summed E-state index contributed by atoms with van der Waals surface area (Å²) < 4.78 is 0. The fourth-order valence-corrected chi connectivity index (χ4v) is 0.853. The monoisotopic (exact) mass is 131 g/mol. The van der Waals surface area contributed by atoms with E-state index in [1.54, 1.807) is 0 Å². The average Bonchev–Trinajstić information content (AvgIpc) is 1.82. The van der Waals surface area contributed by atoms with Crippen molar-refractivity contribution in [2.75, 3.05) is 13.7 Å². The Kier molecular flexibility index (Phi) is 4.72. The van der Waals surface area contributed by atoms with Gasteiger partial charge in [-0.2, -0.15) is 0 Å². The Bertz CT molecular complexity index is 59.9. The lowest BCUT2D eigenvalue weighted by Crippen LogP contribution is -2.30. The number of hydrogen-bond acceptors (Lipinski definition) is 2. The standard InChI is InChI=1S/C7H17NO/c1-6(2)4-7(5-9)8-3/h6-9H,4-5H2,1-3H3/t7-/m0/s1. The number of nitrogens with one attached hydrogen (secondary N) is 1. The minimum Gasteiger partial charge on any atom is -0.395 e. The molecule has 0 aromatic heterocycles. The van der Waals surface area contributed by atoms with Gasteiger partial charge in [0, 0.05) is 6.04 Å². The Balaban J connectivity index is 3.31. The van der Waals surface area contributed by atoms with Crippen molar-refractivity contribution in [2.45, 2.75) is 26.3 Å². The normalized spacial score (nSPS) is 14.3. The van der Waals surface area contributed by atoms with Crippen molar-refractivity contribution >= 4 is 0 Å². The fraction of sp³-hybridized carbons (Fsp3) is 1.00. The minimum atomic E-state index is 0.245. The largest absolute Gasteiger partial charge is 0.395 e. The summed E-state index contributed by atoms with van der Waals surface area (Å²) in [5.41, 5.74) is 0. The van der Waals surface area contributed by atoms with Gasteiger partial charge in [-0.1, -0.05) is 13.8 Å². The zero-order valence-electron chi connectivity index (χ0n) is 6.52. The van der Waals surface area contributed by atoms with Crippen molar-refractivity contribution in [2.24, 2.45) is 5.92 Å². The first-order chi connectivity index (χ1) is 4.20. The molecule has 0 aliphatic heterocycles. The van der Waals surface area contributed by atoms with Crippen LogP contribution in [-0.4, -0.2) is 24.8 Å². The highest BCUT2D eigenvalue weighted by atomic mass is 16.3. The van der Waals surface area contributed by atoms with Crippen molar-refractivity contribution in [3.05, 3.63) is 0 Å². The van der Waals surface area contributed by atoms with Crippen molar-refractivity contribution in [1.82, 2.24) is 5.32 Å². The molecule has 0 radical (unpaired) electrons. The topological polar surface area (TPSA) is 32.3 Å². The molecule has 0 fully saturated rings. The molecule has 2 N–H and O–H groups in total. The van der Waals surface area contributed by atoms with Crippen LogP contribution < -0.4 is 5.32 Å². The first kappa shape index (κ1) is 8.92. The van der Waals surface area contributed by atoms with Crippen LogP contribution >= 0.6 is 0 Å². The van der Waals surface area contributed by atoms with E-state index in [4.69, 9.17) is 5.11 Å². The van der Waals surface area contributed by atoms with Gasteiger partial charge in [-0.05, 0) is 19.4 Å². The first-order valence-corrected chi connectivity index (χ1v) is 3.48. The summed E-state index contributed by atoms with van der Waals surface area (Å²) in [5.74, 6) is 0.662. The van der Waals surface area contributed by atoms with E-state index in [9.17, 15) is 0 Å². The van der Waals surface area contributed by atoms with Crippen LogP contribution in [0.1, 0.15) is 20.3 Å². The second kappa shape index (κ2) is 4.77. The predicted molar refractivity (Wildman–Crippen MR) is 39.4 cm³/mol. The first-order valence-electron chi connectivity index (χ1n) is 3.48. The van der Waals surface area contributed by atoms with Crippen LogP contribution in [0.15, 0.2) is 0 Å². The van der Waals surface area contributed by atoms with Gasteiger partial charge >= 0.3 is 0 Å². The van der Waals surface area contributed by atoms with Crippen LogP contribution in [0.25, 0.3) is 0 Å². The van der Waals surface area contributed by atoms with Gasteiger partial charge in [0.25, 0.3) is 0 Å². The van der Waals surface area contributed by atoms with Gasteiger partial charge in [0.2, 0.25) is 0 Å². The summed E-state index contributed by atoms with van der Waals surface area (Å²) >= 11 is 0. The summed E-state index contributed by atoms with van der Waals surface area (Å²) in [7, 11) is 1.88. The van der Waals surface area contributed by atoms with Crippen LogP contribution in [0.5, 0.6) is 0 Å². The van der Waals surface area contributed by atoms with Crippen LogP contribution in [-0.2, 0) is 0 Å². The van der Waals surface area contributed by atoms with Crippen molar-refractivity contribution in [3.63, 3.8) is 0 Å². The van der Waals surface area contributed by atoms with E-state index in [-0.39, 0.29) is 12.6 Å². The Morgan fingerprint density at radius 2 is 2.00 bits per heavy atom. The molecule has 1 atom stereocenters. The smallest absolute Gasteiger partial charge is 0.0584 e. The quantitative estimate of drug-likeness (QED) is 0.586. The SMILES string of the molecule is CN[C@H](CO)CC(C)C. The number of rotatable bonds is 4. The van der Waals surface area contributed by atoms with Crippen LogP contribution in [0.2, 0.25) is 0 Å². The van der Waals surface area contributed by atoms with Gasteiger partial charge in [-0.15, -0.1) is 0 Å². The van der Waals surface area contributed by atoms with Gasteiger partial charge in [-0.3, -0.25) is 0 Å². The lowest BCUT2D eigenvalue weighted by molar-refractivity contribution is 0.231. The molecule has 0 saturated heterocycles. The molecule has 0 unspecified atom stereocenters. The molecule has 0 aliphatic rings. The van der Waals surface area contributed by atoms with Crippen LogP contribution in [0.4, 0.5) is 0 Å². The van der Waals surface area contributed by atoms with Gasteiger partial charge in [0.1, 0.15) is 0 Å². The maximum absolute atomic E-state index is 8.71. The van der Waals surface area contributed by atoms with E-state index in [0.29, 0.717) is 5.92 Å². The molecule has 0 rings (SSSR count). The lowest BCUT2D eigenvalue weighted by Gasteiger charge is -2.14. The van der Waals surface area contributed by atoms with Crippen LogP contribution in [0.3, 0.4) is 0 Å². The van der Waals surface area contributed by atoms with Crippen molar-refractivity contribution in [1.29, 1.82) is 0 Å². The molecule has 0 aromatic carbocycles. The maximum Gasteiger partial charge on any atom is 0.0584 e. The minimum absolute atomic E-state index is 0.245. The van der Waals surface area contributed by atoms with Gasteiger partial charge < -0.3 is 10.4 Å². The highest BCUT2D eigenvalue weighted by Gasteiger charge is 2.04. The Labute approximate surface area is 57.3 Å². The zero-order chi connectivity index (χ0) is 7.28. The number of likely N-dealkylation sites (N-methyl/N-ethyl adjacent to an activating group) is 1. The van der Waals surface area contributed by atoms with Crippen LogP contribution in [0, 0.1) is 5.92 Å². The van der Waals surface area contributed by atoms with Gasteiger partial charge in [0.05, 0.1) is 6.61 Å². The molecular weight excluding hydrogens is 114 g/mol. The Morgan fingerprint density at radius 1 is 1.44 bits per heavy atom. The Morgan fingerprint density at radius 3 is 2.11 bits per heavy atom. The molecule has 2 heteroatoms. The molecule has 0 bridgehead atoms. The van der Waals surface area contributed by atoms with Gasteiger partial charge in [-0.25, -0.2) is 0 Å². The molecule has 9 heavy (non-hydrogen) atoms. The molecule has 0 aromatic rings. The molecule has 0 saturated carbocycles. The lowest BCUT2D eigenvalue weighted by atomic mass is 10.1. The van der Waals surface area contributed by atoms with E-state index in [1.165, 1.54) is 0 Å². The molecular formula is C7H17NO. The summed E-state index contributed by atoms with van der Waals surface area (Å²) in [5, 5.41) is 11.7. The molecule has 0 spiro atoms. The molecule has 0 heterocycles. The van der Waals surface area contributed by atoms with E-state index in [0.717, 1.165) is 6.42 Å². The highest BCUT2D eigenvalue weighted by molar-refractivity contribution is 4.63. The number of aliphatic hydroxyl groups excluding tert-OH is 1. The molecule has 56 valence electrons. The fourth-order valence-electron chi connectivity index (χ4n) is 0.853. The molecule has 2 nitrogen and oxygen atoms in total. The molecule has 0 amide bonds. The van der Waals surface area contributed by atoms with E-state index < -0.39 is 0 Å². The van der Waals surface area contributed by atoms with E-state index in [1.807, 2.05) is 7.05 Å². The summed E-state index contributed by atoms with van der Waals surface area (Å²) in [6.45, 7) is 4.55. The number of hydrogen-bond donors (Lipinski definition) is 2. The second-order valence-electron chi connectivity index (χ2n) is 2.80. The summed E-state index contributed by atoms with van der Waals surface area (Å²) in [6, 6.07) is 0.282. The van der Waals surface area contributed by atoms with Crippen molar-refractivity contribution in [3.8, 4) is 0 Å². The summed E-state index contributed by atoms with van der Waals surface area (Å²) in [4.78, 5) is 0. The maximum atomic E-state index is 8.71. The molecule has 0 aliphatic carbocycles. The summed E-state index contributed by atoms with van der Waals surface area (Å²) in [6.07, 6.45) is 1.05. The second-order valence-corrected chi connectivity index (χ2v) is 2.80. The van der Waals surface area contributed by atoms with Gasteiger partial charge in [0.15, 0.2) is 0 Å². The van der Waals surface area contributed by atoms with E-state index in [2.05, 4.69) is 19.2 Å². The Hall–Kier alpha value is -0.0800.